The van der Waals surface area contributed by atoms with E-state index in [4.69, 9.17) is 0 Å². The third kappa shape index (κ3) is 3.65. The fourth-order valence-corrected chi connectivity index (χ4v) is 3.29. The van der Waals surface area contributed by atoms with Crippen molar-refractivity contribution in [3.05, 3.63) is 45.7 Å². The average Bonchev–Trinajstić information content (AvgIpc) is 2.96. The van der Waals surface area contributed by atoms with E-state index in [2.05, 4.69) is 34.5 Å². The summed E-state index contributed by atoms with van der Waals surface area (Å²) in [5.41, 5.74) is 0.461. The summed E-state index contributed by atoms with van der Waals surface area (Å²) in [4.78, 5) is 24.0. The number of carbonyl (C=O) groups excluding carboxylic acids is 1. The van der Waals surface area contributed by atoms with Crippen molar-refractivity contribution in [3.8, 4) is 0 Å². The highest BCUT2D eigenvalue weighted by molar-refractivity contribution is 7.15. The molecule has 0 aliphatic carbocycles. The number of nitrogens with one attached hydrogen (secondary N) is 1. The van der Waals surface area contributed by atoms with Gasteiger partial charge in [0.05, 0.1) is 11.7 Å². The molecule has 0 atom stereocenters. The summed E-state index contributed by atoms with van der Waals surface area (Å²) in [6.45, 7) is 4.21. The van der Waals surface area contributed by atoms with Crippen LogP contribution in [0.15, 0.2) is 35.3 Å². The first kappa shape index (κ1) is 16.3. The van der Waals surface area contributed by atoms with Gasteiger partial charge in [0.1, 0.15) is 11.6 Å². The fourth-order valence-electron chi connectivity index (χ4n) is 2.32. The van der Waals surface area contributed by atoms with Gasteiger partial charge in [-0.15, -0.1) is 10.2 Å². The molecule has 0 unspecified atom stereocenters. The van der Waals surface area contributed by atoms with Gasteiger partial charge in [-0.05, 0) is 18.1 Å². The van der Waals surface area contributed by atoms with Gasteiger partial charge in [0.2, 0.25) is 16.5 Å². The summed E-state index contributed by atoms with van der Waals surface area (Å²) in [7, 11) is 0. The number of hydrogen-bond acceptors (Lipinski definition) is 6. The van der Waals surface area contributed by atoms with Crippen molar-refractivity contribution in [2.45, 2.75) is 26.8 Å². The second-order valence-corrected chi connectivity index (χ2v) is 6.89. The van der Waals surface area contributed by atoms with Crippen molar-refractivity contribution in [2.24, 2.45) is 5.92 Å². The van der Waals surface area contributed by atoms with Crippen molar-refractivity contribution in [3.63, 3.8) is 0 Å². The van der Waals surface area contributed by atoms with Crippen LogP contribution in [0.4, 0.5) is 5.13 Å². The van der Waals surface area contributed by atoms with Crippen LogP contribution in [-0.2, 0) is 17.8 Å². The van der Waals surface area contributed by atoms with E-state index >= 15 is 0 Å². The Bertz CT molecular complexity index is 931. The first-order chi connectivity index (χ1) is 11.5. The standard InChI is InChI=1S/C16H17N5O2S/c1-10(2)7-15-19-20-16(24-15)18-14(23)9-21-12-6-4-3-5-11(12)13(22)8-17-21/h3-6,8,10H,7,9H2,1-2H3,(H,18,20,23). The third-order valence-electron chi connectivity index (χ3n) is 3.35. The van der Waals surface area contributed by atoms with Gasteiger partial charge < -0.3 is 0 Å². The number of carbonyl (C=O) groups is 1. The van der Waals surface area contributed by atoms with Crippen LogP contribution < -0.4 is 10.7 Å². The Morgan fingerprint density at radius 2 is 2.08 bits per heavy atom. The van der Waals surface area contributed by atoms with E-state index in [0.717, 1.165) is 11.4 Å². The van der Waals surface area contributed by atoms with E-state index < -0.39 is 0 Å². The van der Waals surface area contributed by atoms with Gasteiger partial charge in [-0.3, -0.25) is 19.6 Å². The molecular formula is C16H17N5O2S. The number of nitrogens with zero attached hydrogens (tertiary/aromatic N) is 4. The quantitative estimate of drug-likeness (QED) is 0.766. The maximum atomic E-state index is 12.2. The molecule has 1 amide bonds. The normalized spacial score (nSPS) is 11.1. The molecule has 0 fully saturated rings. The molecule has 0 saturated carbocycles. The highest BCUT2D eigenvalue weighted by Crippen LogP contribution is 2.18. The predicted molar refractivity (Wildman–Crippen MR) is 93.1 cm³/mol. The van der Waals surface area contributed by atoms with Gasteiger partial charge in [-0.2, -0.15) is 5.10 Å². The molecule has 1 N–H and O–H groups in total. The third-order valence-corrected chi connectivity index (χ3v) is 4.21. The average molecular weight is 343 g/mol. The van der Waals surface area contributed by atoms with E-state index in [1.807, 2.05) is 0 Å². The highest BCUT2D eigenvalue weighted by atomic mass is 32.1. The molecule has 124 valence electrons. The molecule has 2 aromatic heterocycles. The van der Waals surface area contributed by atoms with Crippen LogP contribution in [0.1, 0.15) is 18.9 Å². The van der Waals surface area contributed by atoms with Crippen LogP contribution in [0.5, 0.6) is 0 Å². The molecule has 1 aromatic carbocycles. The van der Waals surface area contributed by atoms with E-state index in [1.54, 1.807) is 24.3 Å². The second kappa shape index (κ2) is 6.88. The zero-order valence-electron chi connectivity index (χ0n) is 13.4. The van der Waals surface area contributed by atoms with Crippen LogP contribution in [0.2, 0.25) is 0 Å². The molecule has 3 aromatic rings. The molecule has 0 spiro atoms. The van der Waals surface area contributed by atoms with Crippen molar-refractivity contribution < 1.29 is 4.79 Å². The number of fused-ring (bicyclic) bond motifs is 1. The Morgan fingerprint density at radius 1 is 1.29 bits per heavy atom. The van der Waals surface area contributed by atoms with Crippen LogP contribution in [-0.4, -0.2) is 25.9 Å². The zero-order chi connectivity index (χ0) is 17.1. The Hall–Kier alpha value is -2.61. The number of amides is 1. The van der Waals surface area contributed by atoms with Crippen LogP contribution in [0.25, 0.3) is 10.9 Å². The lowest BCUT2D eigenvalue weighted by atomic mass is 10.1. The number of anilines is 1. The van der Waals surface area contributed by atoms with Gasteiger partial charge >= 0.3 is 0 Å². The van der Waals surface area contributed by atoms with Gasteiger partial charge in [0.25, 0.3) is 0 Å². The fraction of sp³-hybridized carbons (Fsp3) is 0.312. The summed E-state index contributed by atoms with van der Waals surface area (Å²) < 4.78 is 1.50. The second-order valence-electron chi connectivity index (χ2n) is 5.83. The van der Waals surface area contributed by atoms with Crippen molar-refractivity contribution >= 4 is 33.3 Å². The maximum absolute atomic E-state index is 12.2. The number of hydrogen-bond donors (Lipinski definition) is 1. The lowest BCUT2D eigenvalue weighted by molar-refractivity contribution is -0.116. The molecule has 8 heteroatoms. The molecule has 0 saturated heterocycles. The van der Waals surface area contributed by atoms with Crippen molar-refractivity contribution in [2.75, 3.05) is 5.32 Å². The van der Waals surface area contributed by atoms with Crippen molar-refractivity contribution in [1.29, 1.82) is 0 Å². The molecule has 3 rings (SSSR count). The Balaban J connectivity index is 1.75. The minimum absolute atomic E-state index is 0.000112. The Morgan fingerprint density at radius 3 is 2.88 bits per heavy atom. The first-order valence-electron chi connectivity index (χ1n) is 7.60. The maximum Gasteiger partial charge on any atom is 0.247 e. The summed E-state index contributed by atoms with van der Waals surface area (Å²) in [6, 6.07) is 7.08. The number of rotatable bonds is 5. The van der Waals surface area contributed by atoms with E-state index in [-0.39, 0.29) is 17.9 Å². The lowest BCUT2D eigenvalue weighted by Gasteiger charge is -2.08. The van der Waals surface area contributed by atoms with Crippen LogP contribution in [0.3, 0.4) is 0 Å². The zero-order valence-corrected chi connectivity index (χ0v) is 14.2. The van der Waals surface area contributed by atoms with E-state index in [0.29, 0.717) is 22.0 Å². The Kier molecular flexibility index (Phi) is 4.66. The topological polar surface area (TPSA) is 89.8 Å². The van der Waals surface area contributed by atoms with Gasteiger partial charge in [-0.25, -0.2) is 0 Å². The van der Waals surface area contributed by atoms with Crippen LogP contribution in [0, 0.1) is 5.92 Å². The molecular weight excluding hydrogens is 326 g/mol. The first-order valence-corrected chi connectivity index (χ1v) is 8.41. The summed E-state index contributed by atoms with van der Waals surface area (Å²) in [5, 5.41) is 16.7. The van der Waals surface area contributed by atoms with Crippen molar-refractivity contribution in [1.82, 2.24) is 20.0 Å². The number of benzene rings is 1. The molecule has 0 aliphatic rings. The smallest absolute Gasteiger partial charge is 0.247 e. The van der Waals surface area contributed by atoms with Crippen LogP contribution >= 0.6 is 11.3 Å². The Labute approximate surface area is 142 Å². The van der Waals surface area contributed by atoms with E-state index in [9.17, 15) is 9.59 Å². The highest BCUT2D eigenvalue weighted by Gasteiger charge is 2.11. The molecule has 24 heavy (non-hydrogen) atoms. The van der Waals surface area contributed by atoms with Gasteiger partial charge in [0.15, 0.2) is 0 Å². The molecule has 2 heterocycles. The minimum Gasteiger partial charge on any atom is -0.299 e. The van der Waals surface area contributed by atoms with E-state index in [1.165, 1.54) is 22.2 Å². The molecule has 0 radical (unpaired) electrons. The number of para-hydroxylation sites is 1. The minimum atomic E-state index is -0.261. The largest absolute Gasteiger partial charge is 0.299 e. The summed E-state index contributed by atoms with van der Waals surface area (Å²) in [5.74, 6) is 0.224. The predicted octanol–water partition coefficient (Wildman–Crippen LogP) is 2.09. The summed E-state index contributed by atoms with van der Waals surface area (Å²) >= 11 is 1.37. The SMILES string of the molecule is CC(C)Cc1nnc(NC(=O)Cn2ncc(=O)c3ccccc32)s1. The lowest BCUT2D eigenvalue weighted by Crippen LogP contribution is -2.22. The molecule has 0 aliphatic heterocycles. The monoisotopic (exact) mass is 343 g/mol. The van der Waals surface area contributed by atoms with Gasteiger partial charge in [0, 0.05) is 11.8 Å². The van der Waals surface area contributed by atoms with Gasteiger partial charge in [-0.1, -0.05) is 37.3 Å². The summed E-state index contributed by atoms with van der Waals surface area (Å²) in [6.07, 6.45) is 2.06. The molecule has 7 nitrogen and oxygen atoms in total. The molecule has 0 bridgehead atoms. The number of aromatic nitrogens is 4.